The molecule has 1 saturated carbocycles. The molecule has 6 rings (SSSR count). The standard InChI is InChI=1S/C26H25N7O/c1-2-22(34)29-18-13-26(14-18)15-32(16-26)33-24(19-9-6-12-28-23(19)27)31-21-11-10-20(30-25(21)33)17-7-4-3-5-8-17/h2-12,18H,1,13-16H2,(H2,27,28)(H,29,34). The Kier molecular flexibility index (Phi) is 4.62. The number of benzene rings is 1. The van der Waals surface area contributed by atoms with Crippen molar-refractivity contribution in [1.29, 1.82) is 0 Å². The molecule has 1 aliphatic carbocycles. The smallest absolute Gasteiger partial charge is 0.243 e. The molecule has 170 valence electrons. The molecular formula is C26H25N7O. The first-order valence-corrected chi connectivity index (χ1v) is 11.4. The molecule has 0 bridgehead atoms. The van der Waals surface area contributed by atoms with Gasteiger partial charge in [-0.3, -0.25) is 4.79 Å². The van der Waals surface area contributed by atoms with E-state index in [0.29, 0.717) is 5.82 Å². The van der Waals surface area contributed by atoms with E-state index in [-0.39, 0.29) is 17.4 Å². The topological polar surface area (TPSA) is 102 Å². The summed E-state index contributed by atoms with van der Waals surface area (Å²) in [6.07, 6.45) is 4.93. The summed E-state index contributed by atoms with van der Waals surface area (Å²) in [5.74, 6) is 1.07. The van der Waals surface area contributed by atoms with Gasteiger partial charge < -0.3 is 16.1 Å². The Hall–Kier alpha value is -4.20. The molecule has 0 unspecified atom stereocenters. The highest BCUT2D eigenvalue weighted by Crippen LogP contribution is 2.48. The third-order valence-electron chi connectivity index (χ3n) is 6.84. The number of carbonyl (C=O) groups is 1. The molecule has 1 amide bonds. The molecule has 2 aliphatic rings. The number of nitrogens with one attached hydrogen (secondary N) is 1. The van der Waals surface area contributed by atoms with Crippen molar-refractivity contribution in [2.75, 3.05) is 23.8 Å². The van der Waals surface area contributed by atoms with Crippen LogP contribution in [-0.4, -0.2) is 44.7 Å². The van der Waals surface area contributed by atoms with Crippen molar-refractivity contribution in [2.24, 2.45) is 5.41 Å². The van der Waals surface area contributed by atoms with Crippen LogP contribution in [0.5, 0.6) is 0 Å². The quantitative estimate of drug-likeness (QED) is 0.452. The molecule has 3 aromatic heterocycles. The highest BCUT2D eigenvalue weighted by Gasteiger charge is 2.53. The predicted molar refractivity (Wildman–Crippen MR) is 132 cm³/mol. The minimum Gasteiger partial charge on any atom is -0.383 e. The SMILES string of the molecule is C=CC(=O)NC1CC2(C1)CN(n1c(-c3cccnc3N)nc3ccc(-c4ccccc4)nc31)C2. The summed E-state index contributed by atoms with van der Waals surface area (Å²) >= 11 is 0. The number of hydrogen-bond donors (Lipinski definition) is 2. The van der Waals surface area contributed by atoms with E-state index < -0.39 is 0 Å². The second kappa shape index (κ2) is 7.69. The molecule has 1 aliphatic heterocycles. The molecule has 4 heterocycles. The van der Waals surface area contributed by atoms with Gasteiger partial charge in [0, 0.05) is 36.3 Å². The van der Waals surface area contributed by atoms with E-state index >= 15 is 0 Å². The fraction of sp³-hybridized carbons (Fsp3) is 0.231. The number of imidazole rings is 1. The predicted octanol–water partition coefficient (Wildman–Crippen LogP) is 3.15. The zero-order valence-corrected chi connectivity index (χ0v) is 18.7. The van der Waals surface area contributed by atoms with Gasteiger partial charge >= 0.3 is 0 Å². The number of rotatable bonds is 5. The van der Waals surface area contributed by atoms with Crippen LogP contribution >= 0.6 is 0 Å². The van der Waals surface area contributed by atoms with Gasteiger partial charge in [0.1, 0.15) is 11.3 Å². The summed E-state index contributed by atoms with van der Waals surface area (Å²) in [6.45, 7) is 5.27. The van der Waals surface area contributed by atoms with Crippen LogP contribution in [0.2, 0.25) is 0 Å². The average Bonchev–Trinajstić information content (AvgIpc) is 3.18. The van der Waals surface area contributed by atoms with E-state index in [1.165, 1.54) is 6.08 Å². The molecule has 8 heteroatoms. The van der Waals surface area contributed by atoms with Crippen LogP contribution in [0.25, 0.3) is 33.8 Å². The Morgan fingerprint density at radius 3 is 2.62 bits per heavy atom. The largest absolute Gasteiger partial charge is 0.383 e. The van der Waals surface area contributed by atoms with Crippen LogP contribution in [-0.2, 0) is 4.79 Å². The van der Waals surface area contributed by atoms with E-state index in [2.05, 4.69) is 38.7 Å². The zero-order valence-electron chi connectivity index (χ0n) is 18.7. The second-order valence-corrected chi connectivity index (χ2v) is 9.23. The molecule has 0 atom stereocenters. The van der Waals surface area contributed by atoms with Gasteiger partial charge in [-0.1, -0.05) is 36.9 Å². The maximum atomic E-state index is 11.6. The molecule has 4 aromatic rings. The summed E-state index contributed by atoms with van der Waals surface area (Å²) in [5.41, 5.74) is 10.8. The Bertz CT molecular complexity index is 1400. The number of amides is 1. The number of hydrogen-bond acceptors (Lipinski definition) is 6. The summed E-state index contributed by atoms with van der Waals surface area (Å²) < 4.78 is 2.09. The van der Waals surface area contributed by atoms with Gasteiger partial charge in [-0.05, 0) is 43.2 Å². The molecule has 1 aromatic carbocycles. The first-order chi connectivity index (χ1) is 16.5. The Balaban J connectivity index is 1.37. The number of nitrogens with two attached hydrogens (primary N) is 1. The van der Waals surface area contributed by atoms with Crippen LogP contribution < -0.4 is 16.1 Å². The normalized spacial score (nSPS) is 16.8. The van der Waals surface area contributed by atoms with Crippen molar-refractivity contribution >= 4 is 22.9 Å². The number of pyridine rings is 2. The molecule has 34 heavy (non-hydrogen) atoms. The highest BCUT2D eigenvalue weighted by atomic mass is 16.1. The molecule has 1 saturated heterocycles. The minimum atomic E-state index is -0.108. The Labute approximate surface area is 197 Å². The van der Waals surface area contributed by atoms with Crippen molar-refractivity contribution < 1.29 is 4.79 Å². The van der Waals surface area contributed by atoms with E-state index in [9.17, 15) is 4.79 Å². The number of nitrogens with zero attached hydrogens (tertiary/aromatic N) is 5. The number of fused-ring (bicyclic) bond motifs is 1. The molecule has 3 N–H and O–H groups in total. The van der Waals surface area contributed by atoms with Crippen molar-refractivity contribution in [1.82, 2.24) is 24.9 Å². The van der Waals surface area contributed by atoms with Gasteiger partial charge in [0.25, 0.3) is 0 Å². The van der Waals surface area contributed by atoms with E-state index in [4.69, 9.17) is 15.7 Å². The molecule has 2 fully saturated rings. The van der Waals surface area contributed by atoms with E-state index in [1.54, 1.807) is 6.20 Å². The summed E-state index contributed by atoms with van der Waals surface area (Å²) in [5, 5.41) is 5.28. The number of aromatic nitrogens is 4. The average molecular weight is 452 g/mol. The maximum absolute atomic E-state index is 11.6. The van der Waals surface area contributed by atoms with Gasteiger partial charge in [-0.15, -0.1) is 0 Å². The van der Waals surface area contributed by atoms with Gasteiger partial charge in [0.2, 0.25) is 5.91 Å². The second-order valence-electron chi connectivity index (χ2n) is 9.23. The third-order valence-corrected chi connectivity index (χ3v) is 6.84. The van der Waals surface area contributed by atoms with Crippen LogP contribution in [0.3, 0.4) is 0 Å². The zero-order chi connectivity index (χ0) is 23.3. The van der Waals surface area contributed by atoms with Crippen LogP contribution in [0, 0.1) is 5.41 Å². The molecule has 0 radical (unpaired) electrons. The van der Waals surface area contributed by atoms with Crippen LogP contribution in [0.4, 0.5) is 5.82 Å². The molecular weight excluding hydrogens is 426 g/mol. The maximum Gasteiger partial charge on any atom is 0.243 e. The Morgan fingerprint density at radius 1 is 1.09 bits per heavy atom. The fourth-order valence-electron chi connectivity index (χ4n) is 5.24. The first-order valence-electron chi connectivity index (χ1n) is 11.4. The molecule has 1 spiro atoms. The lowest BCUT2D eigenvalue weighted by Crippen LogP contribution is -2.69. The minimum absolute atomic E-state index is 0.108. The lowest BCUT2D eigenvalue weighted by Gasteiger charge is -2.59. The third kappa shape index (κ3) is 3.30. The van der Waals surface area contributed by atoms with Gasteiger partial charge in [-0.2, -0.15) is 0 Å². The van der Waals surface area contributed by atoms with Crippen molar-refractivity contribution in [3.05, 3.63) is 73.4 Å². The lowest BCUT2D eigenvalue weighted by atomic mass is 9.61. The number of carbonyl (C=O) groups excluding carboxylic acids is 1. The fourth-order valence-corrected chi connectivity index (χ4v) is 5.24. The van der Waals surface area contributed by atoms with Crippen LogP contribution in [0.15, 0.2) is 73.4 Å². The summed E-state index contributed by atoms with van der Waals surface area (Å²) in [6, 6.07) is 18.2. The monoisotopic (exact) mass is 451 g/mol. The van der Waals surface area contributed by atoms with Crippen molar-refractivity contribution in [2.45, 2.75) is 18.9 Å². The van der Waals surface area contributed by atoms with Gasteiger partial charge in [-0.25, -0.2) is 19.6 Å². The summed E-state index contributed by atoms with van der Waals surface area (Å²) in [4.78, 5) is 25.8. The van der Waals surface area contributed by atoms with Gasteiger partial charge in [0.05, 0.1) is 11.3 Å². The van der Waals surface area contributed by atoms with E-state index in [0.717, 1.165) is 59.7 Å². The lowest BCUT2D eigenvalue weighted by molar-refractivity contribution is -0.119. The summed E-state index contributed by atoms with van der Waals surface area (Å²) in [7, 11) is 0. The van der Waals surface area contributed by atoms with Crippen LogP contribution in [0.1, 0.15) is 12.8 Å². The first kappa shape index (κ1) is 20.4. The Morgan fingerprint density at radius 2 is 1.88 bits per heavy atom. The van der Waals surface area contributed by atoms with Gasteiger partial charge in [0.15, 0.2) is 11.5 Å². The molecule has 8 nitrogen and oxygen atoms in total. The van der Waals surface area contributed by atoms with Crippen molar-refractivity contribution in [3.63, 3.8) is 0 Å². The van der Waals surface area contributed by atoms with Crippen molar-refractivity contribution in [3.8, 4) is 22.6 Å². The highest BCUT2D eigenvalue weighted by molar-refractivity contribution is 5.87. The number of nitrogen functional groups attached to an aromatic ring is 1. The van der Waals surface area contributed by atoms with E-state index in [1.807, 2.05) is 42.5 Å². The number of anilines is 1.